The molecule has 3 rings (SSSR count). The summed E-state index contributed by atoms with van der Waals surface area (Å²) in [4.78, 5) is 26.0. The van der Waals surface area contributed by atoms with Gasteiger partial charge in [0.25, 0.3) is 0 Å². The summed E-state index contributed by atoms with van der Waals surface area (Å²) in [7, 11) is 1.35. The van der Waals surface area contributed by atoms with E-state index in [0.29, 0.717) is 36.8 Å². The van der Waals surface area contributed by atoms with Gasteiger partial charge < -0.3 is 19.3 Å². The van der Waals surface area contributed by atoms with Gasteiger partial charge in [-0.15, -0.1) is 0 Å². The van der Waals surface area contributed by atoms with E-state index in [1.807, 2.05) is 6.92 Å². The quantitative estimate of drug-likeness (QED) is 0.675. The summed E-state index contributed by atoms with van der Waals surface area (Å²) in [6, 6.07) is 3.11. The monoisotopic (exact) mass is 333 g/mol. The third-order valence-electron chi connectivity index (χ3n) is 4.83. The molecule has 128 valence electrons. The van der Waals surface area contributed by atoms with Gasteiger partial charge in [0.2, 0.25) is 0 Å². The first kappa shape index (κ1) is 16.6. The first-order valence-corrected chi connectivity index (χ1v) is 8.03. The van der Waals surface area contributed by atoms with Crippen LogP contribution in [0.1, 0.15) is 36.6 Å². The number of ether oxygens (including phenoxy) is 2. The Bertz CT molecular complexity index is 798. The number of aromatic nitrogens is 1. The van der Waals surface area contributed by atoms with E-state index in [9.17, 15) is 14.0 Å². The number of aromatic amines is 1. The van der Waals surface area contributed by atoms with Gasteiger partial charge in [0.1, 0.15) is 17.7 Å². The lowest BCUT2D eigenvalue weighted by Crippen LogP contribution is -2.37. The average molecular weight is 333 g/mol. The van der Waals surface area contributed by atoms with E-state index in [2.05, 4.69) is 4.98 Å². The SMILES string of the molecule is CCC1(CC(=O)OC)OCCc2c1[nH]c1c(CC=O)c(F)ccc21. The van der Waals surface area contributed by atoms with Crippen LogP contribution in [-0.4, -0.2) is 31.0 Å². The lowest BCUT2D eigenvalue weighted by atomic mass is 9.86. The standard InChI is InChI=1S/C18H20FNO4/c1-3-18(10-15(22)23-2)17-12(7-9-24-18)11-4-5-14(19)13(6-8-21)16(11)20-17/h4-5,8,20H,3,6-7,9-10H2,1-2H3. The van der Waals surface area contributed by atoms with E-state index in [-0.39, 0.29) is 18.8 Å². The molecule has 2 heterocycles. The smallest absolute Gasteiger partial charge is 0.308 e. The van der Waals surface area contributed by atoms with Crippen LogP contribution in [0.4, 0.5) is 4.39 Å². The molecule has 0 fully saturated rings. The zero-order chi connectivity index (χ0) is 17.3. The van der Waals surface area contributed by atoms with Gasteiger partial charge in [-0.2, -0.15) is 0 Å². The Labute approximate surface area is 139 Å². The maximum absolute atomic E-state index is 14.1. The van der Waals surface area contributed by atoms with Gasteiger partial charge in [0, 0.05) is 17.4 Å². The van der Waals surface area contributed by atoms with Crippen molar-refractivity contribution >= 4 is 23.2 Å². The number of aldehydes is 1. The number of carbonyl (C=O) groups excluding carboxylic acids is 2. The zero-order valence-corrected chi connectivity index (χ0v) is 13.8. The molecule has 1 aliphatic rings. The normalized spacial score (nSPS) is 20.0. The number of H-pyrrole nitrogens is 1. The zero-order valence-electron chi connectivity index (χ0n) is 13.8. The lowest BCUT2D eigenvalue weighted by molar-refractivity contribution is -0.152. The van der Waals surface area contributed by atoms with E-state index in [4.69, 9.17) is 9.47 Å². The Balaban J connectivity index is 2.22. The van der Waals surface area contributed by atoms with Gasteiger partial charge in [0.05, 0.1) is 31.3 Å². The molecular weight excluding hydrogens is 313 g/mol. The lowest BCUT2D eigenvalue weighted by Gasteiger charge is -2.35. The number of methoxy groups -OCH3 is 1. The molecule has 0 radical (unpaired) electrons. The van der Waals surface area contributed by atoms with Crippen molar-refractivity contribution in [2.45, 2.75) is 38.2 Å². The summed E-state index contributed by atoms with van der Waals surface area (Å²) in [5, 5.41) is 0.884. The van der Waals surface area contributed by atoms with E-state index in [1.165, 1.54) is 13.2 Å². The Morgan fingerprint density at radius 1 is 1.50 bits per heavy atom. The Hall–Kier alpha value is -2.21. The number of fused-ring (bicyclic) bond motifs is 3. The van der Waals surface area contributed by atoms with Crippen LogP contribution < -0.4 is 0 Å². The fraction of sp³-hybridized carbons (Fsp3) is 0.444. The molecule has 0 amide bonds. The van der Waals surface area contributed by atoms with Crippen LogP contribution in [0.25, 0.3) is 10.9 Å². The topological polar surface area (TPSA) is 68.4 Å². The van der Waals surface area contributed by atoms with Crippen LogP contribution in [0.3, 0.4) is 0 Å². The van der Waals surface area contributed by atoms with Crippen molar-refractivity contribution in [2.24, 2.45) is 0 Å². The second-order valence-corrected chi connectivity index (χ2v) is 6.00. The van der Waals surface area contributed by atoms with Gasteiger partial charge >= 0.3 is 5.97 Å². The first-order valence-electron chi connectivity index (χ1n) is 8.03. The van der Waals surface area contributed by atoms with Crippen molar-refractivity contribution in [1.82, 2.24) is 4.98 Å². The summed E-state index contributed by atoms with van der Waals surface area (Å²) >= 11 is 0. The van der Waals surface area contributed by atoms with Gasteiger partial charge in [-0.25, -0.2) is 4.39 Å². The van der Waals surface area contributed by atoms with Crippen molar-refractivity contribution in [3.63, 3.8) is 0 Å². The summed E-state index contributed by atoms with van der Waals surface area (Å²) in [6.45, 7) is 2.42. The minimum atomic E-state index is -0.811. The molecule has 0 saturated heterocycles. The Morgan fingerprint density at radius 3 is 2.96 bits per heavy atom. The molecule has 1 N–H and O–H groups in total. The highest BCUT2D eigenvalue weighted by molar-refractivity contribution is 5.89. The number of carbonyl (C=O) groups is 2. The molecule has 0 saturated carbocycles. The highest BCUT2D eigenvalue weighted by atomic mass is 19.1. The minimum absolute atomic E-state index is 0.000446. The predicted octanol–water partition coefficient (Wildman–Crippen LogP) is 2.79. The number of rotatable bonds is 5. The summed E-state index contributed by atoms with van der Waals surface area (Å²) < 4.78 is 24.9. The molecule has 5 nitrogen and oxygen atoms in total. The molecule has 1 aromatic carbocycles. The largest absolute Gasteiger partial charge is 0.469 e. The van der Waals surface area contributed by atoms with E-state index >= 15 is 0 Å². The fourth-order valence-corrected chi connectivity index (χ4v) is 3.55. The van der Waals surface area contributed by atoms with Crippen LogP contribution in [0.15, 0.2) is 12.1 Å². The molecule has 0 aliphatic carbocycles. The first-order chi connectivity index (χ1) is 11.6. The van der Waals surface area contributed by atoms with Gasteiger partial charge in [-0.05, 0) is 30.5 Å². The van der Waals surface area contributed by atoms with Crippen LogP contribution in [-0.2, 0) is 37.5 Å². The maximum Gasteiger partial charge on any atom is 0.308 e. The van der Waals surface area contributed by atoms with Crippen molar-refractivity contribution < 1.29 is 23.5 Å². The summed E-state index contributed by atoms with van der Waals surface area (Å²) in [6.07, 6.45) is 2.03. The van der Waals surface area contributed by atoms with Crippen LogP contribution >= 0.6 is 0 Å². The number of nitrogens with one attached hydrogen (secondary N) is 1. The third kappa shape index (κ3) is 2.51. The highest BCUT2D eigenvalue weighted by Gasteiger charge is 2.41. The number of benzene rings is 1. The molecule has 1 aliphatic heterocycles. The summed E-state index contributed by atoms with van der Waals surface area (Å²) in [5.74, 6) is -0.771. The van der Waals surface area contributed by atoms with Crippen molar-refractivity contribution in [3.8, 4) is 0 Å². The molecular formula is C18H20FNO4. The molecule has 0 bridgehead atoms. The molecule has 0 spiro atoms. The number of halogens is 1. The Morgan fingerprint density at radius 2 is 2.29 bits per heavy atom. The van der Waals surface area contributed by atoms with Gasteiger partial charge in [-0.1, -0.05) is 6.92 Å². The summed E-state index contributed by atoms with van der Waals surface area (Å²) in [5.41, 5.74) is 1.96. The van der Waals surface area contributed by atoms with Crippen molar-refractivity contribution in [2.75, 3.05) is 13.7 Å². The Kier molecular flexibility index (Phi) is 4.41. The van der Waals surface area contributed by atoms with E-state index in [1.54, 1.807) is 6.07 Å². The fourth-order valence-electron chi connectivity index (χ4n) is 3.55. The number of hydrogen-bond donors (Lipinski definition) is 1. The van der Waals surface area contributed by atoms with Gasteiger partial charge in [-0.3, -0.25) is 4.79 Å². The molecule has 1 aromatic heterocycles. The van der Waals surface area contributed by atoms with Crippen LogP contribution in [0.2, 0.25) is 0 Å². The maximum atomic E-state index is 14.1. The third-order valence-corrected chi connectivity index (χ3v) is 4.83. The predicted molar refractivity (Wildman–Crippen MR) is 86.3 cm³/mol. The molecule has 24 heavy (non-hydrogen) atoms. The van der Waals surface area contributed by atoms with Crippen LogP contribution in [0, 0.1) is 5.82 Å². The number of hydrogen-bond acceptors (Lipinski definition) is 4. The number of esters is 1. The highest BCUT2D eigenvalue weighted by Crippen LogP contribution is 2.42. The molecule has 1 unspecified atom stereocenters. The molecule has 2 aromatic rings. The van der Waals surface area contributed by atoms with E-state index in [0.717, 1.165) is 16.6 Å². The molecule has 1 atom stereocenters. The average Bonchev–Trinajstić information content (AvgIpc) is 2.97. The van der Waals surface area contributed by atoms with Gasteiger partial charge in [0.15, 0.2) is 0 Å². The van der Waals surface area contributed by atoms with Crippen LogP contribution in [0.5, 0.6) is 0 Å². The second-order valence-electron chi connectivity index (χ2n) is 6.00. The minimum Gasteiger partial charge on any atom is -0.469 e. The van der Waals surface area contributed by atoms with Crippen molar-refractivity contribution in [3.05, 3.63) is 34.8 Å². The molecule has 6 heteroatoms. The van der Waals surface area contributed by atoms with E-state index < -0.39 is 11.4 Å². The van der Waals surface area contributed by atoms with Crippen molar-refractivity contribution in [1.29, 1.82) is 0 Å². The second kappa shape index (κ2) is 6.36.